The molecule has 0 saturated carbocycles. The molecule has 0 fully saturated rings. The quantitative estimate of drug-likeness (QED) is 0.656. The summed E-state index contributed by atoms with van der Waals surface area (Å²) >= 11 is 0. The summed E-state index contributed by atoms with van der Waals surface area (Å²) in [5.74, 6) is 1.72. The summed E-state index contributed by atoms with van der Waals surface area (Å²) in [7, 11) is 3.37. The zero-order chi connectivity index (χ0) is 18.6. The van der Waals surface area contributed by atoms with E-state index in [2.05, 4.69) is 59.2 Å². The van der Waals surface area contributed by atoms with Gasteiger partial charge in [0.1, 0.15) is 11.5 Å². The van der Waals surface area contributed by atoms with Gasteiger partial charge in [0, 0.05) is 11.4 Å². The molecule has 1 aliphatic heterocycles. The van der Waals surface area contributed by atoms with Crippen LogP contribution in [-0.2, 0) is 6.42 Å². The van der Waals surface area contributed by atoms with Gasteiger partial charge in [-0.25, -0.2) is 0 Å². The van der Waals surface area contributed by atoms with Gasteiger partial charge in [-0.3, -0.25) is 0 Å². The fourth-order valence-corrected chi connectivity index (χ4v) is 3.62. The predicted octanol–water partition coefficient (Wildman–Crippen LogP) is 4.89. The lowest BCUT2D eigenvalue weighted by atomic mass is 9.96. The third kappa shape index (κ3) is 3.70. The van der Waals surface area contributed by atoms with Crippen molar-refractivity contribution in [2.45, 2.75) is 18.5 Å². The Bertz CT molecular complexity index is 866. The molecular weight excluding hydrogens is 336 g/mol. The van der Waals surface area contributed by atoms with E-state index in [0.717, 1.165) is 23.6 Å². The van der Waals surface area contributed by atoms with Gasteiger partial charge in [0.05, 0.1) is 26.3 Å². The van der Waals surface area contributed by atoms with Crippen LogP contribution < -0.4 is 20.1 Å². The van der Waals surface area contributed by atoms with Gasteiger partial charge >= 0.3 is 0 Å². The van der Waals surface area contributed by atoms with E-state index in [0.29, 0.717) is 0 Å². The third-order valence-corrected chi connectivity index (χ3v) is 5.09. The van der Waals surface area contributed by atoms with E-state index >= 15 is 0 Å². The summed E-state index contributed by atoms with van der Waals surface area (Å²) in [5.41, 5.74) is 4.86. The molecular formula is C23H24N2O2. The standard InChI is InChI=1S/C23H24N2O2/c1-26-19-11-7-16(8-12-19)23(24-18-9-13-20(27-2)14-10-18)22-15-17-5-3-4-6-21(17)25-22/h3-14,22-25H,15H2,1-2H3/t22-,23+/m0/s1. The van der Waals surface area contributed by atoms with Crippen LogP contribution in [0.3, 0.4) is 0 Å². The number of fused-ring (bicyclic) bond motifs is 1. The van der Waals surface area contributed by atoms with Crippen molar-refractivity contribution in [1.29, 1.82) is 0 Å². The Hall–Kier alpha value is -3.14. The van der Waals surface area contributed by atoms with Gasteiger partial charge in [0.15, 0.2) is 0 Å². The van der Waals surface area contributed by atoms with Crippen LogP contribution in [0.15, 0.2) is 72.8 Å². The summed E-state index contributed by atoms with van der Waals surface area (Å²) < 4.78 is 10.6. The van der Waals surface area contributed by atoms with E-state index in [4.69, 9.17) is 9.47 Å². The van der Waals surface area contributed by atoms with Crippen molar-refractivity contribution in [3.63, 3.8) is 0 Å². The first-order valence-corrected chi connectivity index (χ1v) is 9.16. The summed E-state index contributed by atoms with van der Waals surface area (Å²) in [6.45, 7) is 0. The molecule has 0 unspecified atom stereocenters. The summed E-state index contributed by atoms with van der Waals surface area (Å²) in [5, 5.41) is 7.39. The van der Waals surface area contributed by atoms with Crippen LogP contribution in [0.1, 0.15) is 17.2 Å². The zero-order valence-electron chi connectivity index (χ0n) is 15.6. The first-order chi connectivity index (χ1) is 13.3. The number of ether oxygens (including phenoxy) is 2. The number of benzene rings is 3. The smallest absolute Gasteiger partial charge is 0.119 e. The Morgan fingerprint density at radius 2 is 1.48 bits per heavy atom. The highest BCUT2D eigenvalue weighted by Crippen LogP contribution is 2.34. The van der Waals surface area contributed by atoms with Crippen LogP contribution in [0.25, 0.3) is 0 Å². The van der Waals surface area contributed by atoms with Crippen LogP contribution >= 0.6 is 0 Å². The molecule has 4 rings (SSSR count). The van der Waals surface area contributed by atoms with Gasteiger partial charge in [-0.1, -0.05) is 30.3 Å². The monoisotopic (exact) mass is 360 g/mol. The third-order valence-electron chi connectivity index (χ3n) is 5.09. The molecule has 3 aromatic carbocycles. The minimum absolute atomic E-state index is 0.122. The highest BCUT2D eigenvalue weighted by molar-refractivity contribution is 5.59. The van der Waals surface area contributed by atoms with E-state index in [1.165, 1.54) is 16.8 Å². The summed E-state index contributed by atoms with van der Waals surface area (Å²) in [6, 6.07) is 25.2. The van der Waals surface area contributed by atoms with E-state index in [1.54, 1.807) is 14.2 Å². The average molecular weight is 360 g/mol. The van der Waals surface area contributed by atoms with Crippen LogP contribution in [-0.4, -0.2) is 20.3 Å². The summed E-state index contributed by atoms with van der Waals surface area (Å²) in [4.78, 5) is 0. The summed E-state index contributed by atoms with van der Waals surface area (Å²) in [6.07, 6.45) is 0.982. The maximum Gasteiger partial charge on any atom is 0.119 e. The Morgan fingerprint density at radius 3 is 2.11 bits per heavy atom. The number of para-hydroxylation sites is 1. The highest BCUT2D eigenvalue weighted by atomic mass is 16.5. The van der Waals surface area contributed by atoms with Crippen LogP contribution in [0.4, 0.5) is 11.4 Å². The van der Waals surface area contributed by atoms with E-state index in [1.807, 2.05) is 24.3 Å². The Balaban J connectivity index is 1.62. The lowest BCUT2D eigenvalue weighted by Gasteiger charge is -2.27. The maximum atomic E-state index is 5.32. The first-order valence-electron chi connectivity index (χ1n) is 9.16. The molecule has 4 heteroatoms. The van der Waals surface area contributed by atoms with Crippen LogP contribution in [0, 0.1) is 0 Å². The molecule has 0 amide bonds. The number of hydrogen-bond donors (Lipinski definition) is 2. The molecule has 0 aliphatic carbocycles. The Kier molecular flexibility index (Phi) is 4.88. The van der Waals surface area contributed by atoms with Gasteiger partial charge in [-0.15, -0.1) is 0 Å². The fourth-order valence-electron chi connectivity index (χ4n) is 3.62. The molecule has 0 aromatic heterocycles. The molecule has 0 saturated heterocycles. The molecule has 3 aromatic rings. The van der Waals surface area contributed by atoms with Gasteiger partial charge in [-0.05, 0) is 60.0 Å². The van der Waals surface area contributed by atoms with Gasteiger partial charge in [-0.2, -0.15) is 0 Å². The molecule has 2 N–H and O–H groups in total. The lowest BCUT2D eigenvalue weighted by molar-refractivity contribution is 0.414. The average Bonchev–Trinajstić information content (AvgIpc) is 3.16. The van der Waals surface area contributed by atoms with E-state index in [-0.39, 0.29) is 12.1 Å². The molecule has 1 heterocycles. The SMILES string of the molecule is COc1ccc(N[C@H](c2ccc(OC)cc2)[C@@H]2Cc3ccccc3N2)cc1. The van der Waals surface area contributed by atoms with Crippen molar-refractivity contribution in [2.75, 3.05) is 24.9 Å². The minimum atomic E-state index is 0.122. The largest absolute Gasteiger partial charge is 0.497 e. The molecule has 1 aliphatic rings. The molecule has 4 nitrogen and oxygen atoms in total. The van der Waals surface area contributed by atoms with Crippen LogP contribution in [0.5, 0.6) is 11.5 Å². The van der Waals surface area contributed by atoms with Crippen molar-refractivity contribution < 1.29 is 9.47 Å². The number of hydrogen-bond acceptors (Lipinski definition) is 4. The maximum absolute atomic E-state index is 5.32. The molecule has 2 atom stereocenters. The van der Waals surface area contributed by atoms with Gasteiger partial charge in [0.2, 0.25) is 0 Å². The molecule has 0 bridgehead atoms. The molecule has 138 valence electrons. The molecule has 0 spiro atoms. The number of rotatable bonds is 6. The fraction of sp³-hybridized carbons (Fsp3) is 0.217. The highest BCUT2D eigenvalue weighted by Gasteiger charge is 2.29. The predicted molar refractivity (Wildman–Crippen MR) is 110 cm³/mol. The van der Waals surface area contributed by atoms with Crippen molar-refractivity contribution in [1.82, 2.24) is 0 Å². The van der Waals surface area contributed by atoms with Crippen LogP contribution in [0.2, 0.25) is 0 Å². The normalized spacial score (nSPS) is 16.1. The topological polar surface area (TPSA) is 42.5 Å². The lowest BCUT2D eigenvalue weighted by Crippen LogP contribution is -2.30. The van der Waals surface area contributed by atoms with E-state index < -0.39 is 0 Å². The second-order valence-corrected chi connectivity index (χ2v) is 6.74. The molecule has 27 heavy (non-hydrogen) atoms. The Labute approximate surface area is 160 Å². The van der Waals surface area contributed by atoms with Crippen molar-refractivity contribution in [3.05, 3.63) is 83.9 Å². The van der Waals surface area contributed by atoms with Crippen molar-refractivity contribution in [2.24, 2.45) is 0 Å². The zero-order valence-corrected chi connectivity index (χ0v) is 15.6. The van der Waals surface area contributed by atoms with Gasteiger partial charge < -0.3 is 20.1 Å². The Morgan fingerprint density at radius 1 is 0.852 bits per heavy atom. The van der Waals surface area contributed by atoms with Gasteiger partial charge in [0.25, 0.3) is 0 Å². The number of nitrogens with one attached hydrogen (secondary N) is 2. The first kappa shape index (κ1) is 17.3. The number of anilines is 2. The second kappa shape index (κ2) is 7.62. The van der Waals surface area contributed by atoms with E-state index in [9.17, 15) is 0 Å². The molecule has 0 radical (unpaired) electrons. The number of methoxy groups -OCH3 is 2. The van der Waals surface area contributed by atoms with Crippen molar-refractivity contribution in [3.8, 4) is 11.5 Å². The second-order valence-electron chi connectivity index (χ2n) is 6.74. The van der Waals surface area contributed by atoms with Crippen molar-refractivity contribution >= 4 is 11.4 Å². The minimum Gasteiger partial charge on any atom is -0.497 e.